The first-order chi connectivity index (χ1) is 18.0. The van der Waals surface area contributed by atoms with Gasteiger partial charge in [-0.15, -0.1) is 0 Å². The van der Waals surface area contributed by atoms with Crippen LogP contribution in [0.4, 0.5) is 0 Å². The molecule has 5 aromatic rings. The summed E-state index contributed by atoms with van der Waals surface area (Å²) in [6, 6.07) is 45.0. The minimum absolute atomic E-state index is 0.0591. The summed E-state index contributed by atoms with van der Waals surface area (Å²) in [6.07, 6.45) is 0.891. The van der Waals surface area contributed by atoms with Crippen LogP contribution < -0.4 is 15.9 Å². The minimum atomic E-state index is -2.02. The summed E-state index contributed by atoms with van der Waals surface area (Å²) in [6.45, 7) is 6.43. The summed E-state index contributed by atoms with van der Waals surface area (Å²) in [5, 5.41) is 4.11. The van der Waals surface area contributed by atoms with Gasteiger partial charge in [0.25, 0.3) is 0 Å². The third-order valence-electron chi connectivity index (χ3n) is 7.10. The molecular formula is C35H32OP+. The number of carbonyl (C=O) groups is 1. The lowest BCUT2D eigenvalue weighted by atomic mass is 10.0. The number of hydrogen-bond donors (Lipinski definition) is 0. The van der Waals surface area contributed by atoms with Crippen LogP contribution >= 0.6 is 7.26 Å². The van der Waals surface area contributed by atoms with Crippen molar-refractivity contribution < 1.29 is 4.79 Å². The van der Waals surface area contributed by atoms with Gasteiger partial charge in [0.05, 0.1) is 6.16 Å². The highest BCUT2D eigenvalue weighted by atomic mass is 31.2. The number of aryl methyl sites for hydroxylation is 3. The quantitative estimate of drug-likeness (QED) is 0.169. The lowest BCUT2D eigenvalue weighted by Gasteiger charge is -2.28. The maximum atomic E-state index is 13.0. The predicted molar refractivity (Wildman–Crippen MR) is 159 cm³/mol. The molecule has 0 bridgehead atoms. The molecule has 0 saturated carbocycles. The second-order valence-electron chi connectivity index (χ2n) is 9.87. The van der Waals surface area contributed by atoms with E-state index in [9.17, 15) is 4.79 Å². The Morgan fingerprint density at radius 3 is 1.27 bits per heavy atom. The summed E-state index contributed by atoms with van der Waals surface area (Å²) < 4.78 is 0. The molecule has 0 atom stereocenters. The number of ketones is 1. The second kappa shape index (κ2) is 10.7. The molecule has 0 spiro atoms. The summed E-state index contributed by atoms with van der Waals surface area (Å²) in [7, 11) is -2.02. The van der Waals surface area contributed by atoms with Crippen LogP contribution in [-0.4, -0.2) is 5.78 Å². The first-order valence-corrected chi connectivity index (χ1v) is 14.7. The fraction of sp³-hybridized carbons (Fsp3) is 0.114. The van der Waals surface area contributed by atoms with Gasteiger partial charge in [-0.25, -0.2) is 0 Å². The van der Waals surface area contributed by atoms with Gasteiger partial charge in [0.15, 0.2) is 5.78 Å². The van der Waals surface area contributed by atoms with Crippen molar-refractivity contribution in [2.24, 2.45) is 0 Å². The highest BCUT2D eigenvalue weighted by Crippen LogP contribution is 2.58. The lowest BCUT2D eigenvalue weighted by Crippen LogP contribution is -2.32. The van der Waals surface area contributed by atoms with E-state index >= 15 is 0 Å². The van der Waals surface area contributed by atoms with E-state index in [4.69, 9.17) is 0 Å². The van der Waals surface area contributed by atoms with E-state index in [1.165, 1.54) is 38.2 Å². The van der Waals surface area contributed by atoms with E-state index in [1.54, 1.807) is 0 Å². The number of hydrogen-bond acceptors (Lipinski definition) is 1. The molecular weight excluding hydrogens is 467 g/mol. The van der Waals surface area contributed by atoms with Crippen LogP contribution in [0.3, 0.4) is 0 Å². The molecule has 0 aromatic heterocycles. The molecule has 0 aliphatic heterocycles. The monoisotopic (exact) mass is 499 g/mol. The third-order valence-corrected chi connectivity index (χ3v) is 11.5. The number of carbonyl (C=O) groups excluding carboxylic acids is 1. The van der Waals surface area contributed by atoms with Crippen LogP contribution in [0.15, 0.2) is 127 Å². The maximum Gasteiger partial charge on any atom is 0.193 e. The van der Waals surface area contributed by atoms with Crippen molar-refractivity contribution in [3.63, 3.8) is 0 Å². The summed E-state index contributed by atoms with van der Waals surface area (Å²) in [5.41, 5.74) is 6.46. The van der Waals surface area contributed by atoms with E-state index in [0.717, 1.165) is 17.3 Å². The summed E-state index contributed by atoms with van der Waals surface area (Å²) in [5.74, 6) is 0.0591. The van der Waals surface area contributed by atoms with E-state index in [0.29, 0.717) is 0 Å². The van der Waals surface area contributed by atoms with Crippen molar-refractivity contribution in [1.29, 1.82) is 0 Å². The van der Waals surface area contributed by atoms with Crippen LogP contribution in [-0.2, 0) is 6.16 Å². The Bertz CT molecular complexity index is 1370. The standard InChI is InChI=1S/C35H32OP/c1-26-9-19-32(20-10-26)37(33-21-11-27(2)12-22-33,34-23-13-28(3)14-24-34)25-29-15-17-31(18-16-29)35(36)30-7-5-4-6-8-30/h4-24H,25H2,1-3H3/q+1. The fourth-order valence-corrected chi connectivity index (χ4v) is 9.09. The van der Waals surface area contributed by atoms with Crippen molar-refractivity contribution in [3.8, 4) is 0 Å². The van der Waals surface area contributed by atoms with Crippen LogP contribution in [0.25, 0.3) is 0 Å². The molecule has 0 fully saturated rings. The van der Waals surface area contributed by atoms with E-state index < -0.39 is 7.26 Å². The summed E-state index contributed by atoms with van der Waals surface area (Å²) >= 11 is 0. The molecule has 0 heterocycles. The molecule has 0 saturated heterocycles. The SMILES string of the molecule is Cc1ccc([P+](Cc2ccc(C(=O)c3ccccc3)cc2)(c2ccc(C)cc2)c2ccc(C)cc2)cc1. The summed E-state index contributed by atoms with van der Waals surface area (Å²) in [4.78, 5) is 13.0. The van der Waals surface area contributed by atoms with Crippen LogP contribution in [0.1, 0.15) is 38.2 Å². The lowest BCUT2D eigenvalue weighted by molar-refractivity contribution is 0.103. The van der Waals surface area contributed by atoms with Crippen LogP contribution in [0.5, 0.6) is 0 Å². The van der Waals surface area contributed by atoms with E-state index in [1.807, 2.05) is 42.5 Å². The molecule has 0 unspecified atom stereocenters. The average molecular weight is 500 g/mol. The first-order valence-electron chi connectivity index (χ1n) is 12.7. The van der Waals surface area contributed by atoms with Gasteiger partial charge in [-0.2, -0.15) is 0 Å². The Labute approximate surface area is 221 Å². The van der Waals surface area contributed by atoms with Crippen LogP contribution in [0, 0.1) is 20.8 Å². The Morgan fingerprint density at radius 1 is 0.486 bits per heavy atom. The Hall–Kier alpha value is -3.80. The molecule has 5 aromatic carbocycles. The average Bonchev–Trinajstić information content (AvgIpc) is 2.94. The largest absolute Gasteiger partial charge is 0.289 e. The van der Waals surface area contributed by atoms with Gasteiger partial charge >= 0.3 is 0 Å². The zero-order valence-electron chi connectivity index (χ0n) is 21.7. The Morgan fingerprint density at radius 2 is 0.865 bits per heavy atom. The van der Waals surface area contributed by atoms with Gasteiger partial charge in [-0.05, 0) is 62.7 Å². The topological polar surface area (TPSA) is 17.1 Å². The van der Waals surface area contributed by atoms with E-state index in [2.05, 4.69) is 106 Å². The highest BCUT2D eigenvalue weighted by Gasteiger charge is 2.45. The van der Waals surface area contributed by atoms with Gasteiger partial charge in [-0.3, -0.25) is 4.79 Å². The van der Waals surface area contributed by atoms with Crippen molar-refractivity contribution in [3.05, 3.63) is 161 Å². The van der Waals surface area contributed by atoms with Gasteiger partial charge in [0, 0.05) is 11.1 Å². The van der Waals surface area contributed by atoms with Gasteiger partial charge in [-0.1, -0.05) is 108 Å². The molecule has 182 valence electrons. The number of benzene rings is 5. The fourth-order valence-electron chi connectivity index (χ4n) is 4.91. The predicted octanol–water partition coefficient (Wildman–Crippen LogP) is 7.34. The highest BCUT2D eigenvalue weighted by molar-refractivity contribution is 7.95. The van der Waals surface area contributed by atoms with Gasteiger partial charge < -0.3 is 0 Å². The molecule has 1 nitrogen and oxygen atoms in total. The Balaban J connectivity index is 1.64. The van der Waals surface area contributed by atoms with Crippen molar-refractivity contribution in [2.45, 2.75) is 26.9 Å². The third kappa shape index (κ3) is 5.19. The minimum Gasteiger partial charge on any atom is -0.289 e. The smallest absolute Gasteiger partial charge is 0.193 e. The Kier molecular flexibility index (Phi) is 7.17. The zero-order valence-corrected chi connectivity index (χ0v) is 22.6. The molecule has 0 radical (unpaired) electrons. The molecule has 37 heavy (non-hydrogen) atoms. The van der Waals surface area contributed by atoms with Crippen molar-refractivity contribution in [2.75, 3.05) is 0 Å². The molecule has 0 amide bonds. The molecule has 0 N–H and O–H groups in total. The molecule has 5 rings (SSSR count). The molecule has 0 aliphatic carbocycles. The number of rotatable bonds is 7. The molecule has 0 aliphatic rings. The maximum absolute atomic E-state index is 13.0. The van der Waals surface area contributed by atoms with E-state index in [-0.39, 0.29) is 5.78 Å². The van der Waals surface area contributed by atoms with Crippen molar-refractivity contribution in [1.82, 2.24) is 0 Å². The van der Waals surface area contributed by atoms with Gasteiger partial charge in [0.2, 0.25) is 0 Å². The van der Waals surface area contributed by atoms with Gasteiger partial charge in [0.1, 0.15) is 23.2 Å². The van der Waals surface area contributed by atoms with Crippen molar-refractivity contribution >= 4 is 29.0 Å². The zero-order chi connectivity index (χ0) is 25.8. The molecule has 2 heteroatoms. The first kappa shape index (κ1) is 24.9. The second-order valence-corrected chi connectivity index (χ2v) is 13.4. The normalized spacial score (nSPS) is 11.3. The van der Waals surface area contributed by atoms with Crippen LogP contribution in [0.2, 0.25) is 0 Å².